The van der Waals surface area contributed by atoms with Gasteiger partial charge in [-0.15, -0.1) is 0 Å². The van der Waals surface area contributed by atoms with Gasteiger partial charge in [0.25, 0.3) is 0 Å². The van der Waals surface area contributed by atoms with E-state index < -0.39 is 11.7 Å². The van der Waals surface area contributed by atoms with E-state index in [-0.39, 0.29) is 10.5 Å². The van der Waals surface area contributed by atoms with Gasteiger partial charge in [-0.05, 0) is 30.7 Å². The Hall–Kier alpha value is -0.550. The Labute approximate surface area is 120 Å². The zero-order chi connectivity index (χ0) is 14.5. The molecule has 0 aliphatic rings. The summed E-state index contributed by atoms with van der Waals surface area (Å²) in [6.07, 6.45) is -1.45. The molecule has 0 aliphatic heterocycles. The van der Waals surface area contributed by atoms with E-state index in [0.29, 0.717) is 5.56 Å². The van der Waals surface area contributed by atoms with Crippen molar-refractivity contribution in [3.8, 4) is 0 Å². The molecule has 0 amide bonds. The summed E-state index contributed by atoms with van der Waals surface area (Å²) in [5, 5.41) is 3.25. The number of unbranched alkanes of at least 4 members (excludes halogenated alkanes) is 1. The Morgan fingerprint density at radius 1 is 1.26 bits per heavy atom. The molecule has 1 N–H and O–H groups in total. The van der Waals surface area contributed by atoms with E-state index in [0.717, 1.165) is 25.8 Å². The lowest BCUT2D eigenvalue weighted by Gasteiger charge is -2.20. The van der Waals surface area contributed by atoms with Crippen LogP contribution in [0.2, 0.25) is 0 Å². The van der Waals surface area contributed by atoms with Crippen molar-refractivity contribution < 1.29 is 13.2 Å². The van der Waals surface area contributed by atoms with Gasteiger partial charge < -0.3 is 5.32 Å². The predicted octanol–water partition coefficient (Wildman–Crippen LogP) is 5.31. The first-order chi connectivity index (χ1) is 8.90. The van der Waals surface area contributed by atoms with E-state index in [2.05, 4.69) is 28.2 Å². The SMILES string of the molecule is CCCCC(NCC)c1ccc(Br)c(C(F)(F)F)c1. The molecule has 108 valence electrons. The molecule has 0 fully saturated rings. The normalized spacial score (nSPS) is 13.6. The molecule has 0 radical (unpaired) electrons. The summed E-state index contributed by atoms with van der Waals surface area (Å²) >= 11 is 2.97. The highest BCUT2D eigenvalue weighted by Crippen LogP contribution is 2.36. The molecule has 1 aromatic rings. The van der Waals surface area contributed by atoms with Crippen LogP contribution in [0.1, 0.15) is 50.3 Å². The van der Waals surface area contributed by atoms with Crippen molar-refractivity contribution in [2.24, 2.45) is 0 Å². The summed E-state index contributed by atoms with van der Waals surface area (Å²) in [6.45, 7) is 4.78. The Morgan fingerprint density at radius 2 is 1.95 bits per heavy atom. The van der Waals surface area contributed by atoms with Gasteiger partial charge in [0, 0.05) is 10.5 Å². The second-order valence-electron chi connectivity index (χ2n) is 4.49. The molecular formula is C14H19BrF3N. The van der Waals surface area contributed by atoms with Crippen LogP contribution in [0.5, 0.6) is 0 Å². The fourth-order valence-electron chi connectivity index (χ4n) is 2.02. The summed E-state index contributed by atoms with van der Waals surface area (Å²) < 4.78 is 38.7. The van der Waals surface area contributed by atoms with E-state index >= 15 is 0 Å². The van der Waals surface area contributed by atoms with Gasteiger partial charge in [0.1, 0.15) is 0 Å². The second-order valence-corrected chi connectivity index (χ2v) is 5.34. The van der Waals surface area contributed by atoms with Gasteiger partial charge in [-0.25, -0.2) is 0 Å². The van der Waals surface area contributed by atoms with Crippen LogP contribution in [-0.4, -0.2) is 6.54 Å². The van der Waals surface area contributed by atoms with Gasteiger partial charge >= 0.3 is 6.18 Å². The number of rotatable bonds is 6. The van der Waals surface area contributed by atoms with E-state index in [9.17, 15) is 13.2 Å². The molecule has 19 heavy (non-hydrogen) atoms. The van der Waals surface area contributed by atoms with Crippen LogP contribution in [0.25, 0.3) is 0 Å². The first kappa shape index (κ1) is 16.5. The monoisotopic (exact) mass is 337 g/mol. The average molecular weight is 338 g/mol. The van der Waals surface area contributed by atoms with Crippen LogP contribution in [0.3, 0.4) is 0 Å². The molecular weight excluding hydrogens is 319 g/mol. The van der Waals surface area contributed by atoms with Crippen LogP contribution in [0.15, 0.2) is 22.7 Å². The lowest BCUT2D eigenvalue weighted by Crippen LogP contribution is -2.21. The smallest absolute Gasteiger partial charge is 0.310 e. The summed E-state index contributed by atoms with van der Waals surface area (Å²) in [5.74, 6) is 0. The zero-order valence-corrected chi connectivity index (χ0v) is 12.7. The molecule has 1 unspecified atom stereocenters. The van der Waals surface area contributed by atoms with Gasteiger partial charge in [-0.3, -0.25) is 0 Å². The molecule has 1 atom stereocenters. The van der Waals surface area contributed by atoms with Crippen molar-refractivity contribution in [3.05, 3.63) is 33.8 Å². The maximum absolute atomic E-state index is 12.9. The third-order valence-electron chi connectivity index (χ3n) is 3.00. The minimum atomic E-state index is -4.32. The first-order valence-electron chi connectivity index (χ1n) is 6.50. The summed E-state index contributed by atoms with van der Waals surface area (Å²) in [7, 11) is 0. The third-order valence-corrected chi connectivity index (χ3v) is 3.69. The summed E-state index contributed by atoms with van der Waals surface area (Å²) in [5.41, 5.74) is 0.0928. The van der Waals surface area contributed by atoms with Crippen molar-refractivity contribution in [3.63, 3.8) is 0 Å². The number of nitrogens with one attached hydrogen (secondary N) is 1. The Balaban J connectivity index is 3.03. The summed E-state index contributed by atoms with van der Waals surface area (Å²) in [6, 6.07) is 4.46. The lowest BCUT2D eigenvalue weighted by molar-refractivity contribution is -0.138. The van der Waals surface area contributed by atoms with Crippen molar-refractivity contribution in [2.45, 2.75) is 45.3 Å². The highest BCUT2D eigenvalue weighted by Gasteiger charge is 2.33. The molecule has 0 saturated carbocycles. The fraction of sp³-hybridized carbons (Fsp3) is 0.571. The van der Waals surface area contributed by atoms with Gasteiger partial charge in [0.05, 0.1) is 5.56 Å². The minimum absolute atomic E-state index is 0.0147. The van der Waals surface area contributed by atoms with Crippen LogP contribution < -0.4 is 5.32 Å². The topological polar surface area (TPSA) is 12.0 Å². The van der Waals surface area contributed by atoms with E-state index in [1.807, 2.05) is 6.92 Å². The number of hydrogen-bond acceptors (Lipinski definition) is 1. The fourth-order valence-corrected chi connectivity index (χ4v) is 2.49. The van der Waals surface area contributed by atoms with Crippen molar-refractivity contribution in [1.29, 1.82) is 0 Å². The molecule has 1 aromatic carbocycles. The minimum Gasteiger partial charge on any atom is -0.310 e. The molecule has 1 nitrogen and oxygen atoms in total. The molecule has 0 aliphatic carbocycles. The third kappa shape index (κ3) is 4.80. The second kappa shape index (κ2) is 7.29. The molecule has 0 aromatic heterocycles. The predicted molar refractivity (Wildman–Crippen MR) is 75.1 cm³/mol. The highest BCUT2D eigenvalue weighted by atomic mass is 79.9. The molecule has 0 spiro atoms. The quantitative estimate of drug-likeness (QED) is 0.741. The van der Waals surface area contributed by atoms with Crippen molar-refractivity contribution in [2.75, 3.05) is 6.54 Å². The van der Waals surface area contributed by atoms with Crippen molar-refractivity contribution in [1.82, 2.24) is 5.32 Å². The molecule has 5 heteroatoms. The number of hydrogen-bond donors (Lipinski definition) is 1. The molecule has 0 bridgehead atoms. The van der Waals surface area contributed by atoms with Crippen LogP contribution in [0, 0.1) is 0 Å². The zero-order valence-electron chi connectivity index (χ0n) is 11.1. The van der Waals surface area contributed by atoms with E-state index in [1.54, 1.807) is 6.07 Å². The standard InChI is InChI=1S/C14H19BrF3N/c1-3-5-6-13(19-4-2)10-7-8-12(15)11(9-10)14(16,17)18/h7-9,13,19H,3-6H2,1-2H3. The average Bonchev–Trinajstić information content (AvgIpc) is 2.34. The van der Waals surface area contributed by atoms with Gasteiger partial charge in [0.2, 0.25) is 0 Å². The van der Waals surface area contributed by atoms with E-state index in [1.165, 1.54) is 12.1 Å². The molecule has 1 rings (SSSR count). The number of benzene rings is 1. The number of halogens is 4. The summed E-state index contributed by atoms with van der Waals surface area (Å²) in [4.78, 5) is 0. The Kier molecular flexibility index (Phi) is 6.33. The molecule has 0 saturated heterocycles. The van der Waals surface area contributed by atoms with Crippen LogP contribution in [-0.2, 0) is 6.18 Å². The number of alkyl halides is 3. The Bertz CT molecular complexity index is 404. The maximum atomic E-state index is 12.9. The Morgan fingerprint density at radius 3 is 2.47 bits per heavy atom. The first-order valence-corrected chi connectivity index (χ1v) is 7.29. The van der Waals surface area contributed by atoms with E-state index in [4.69, 9.17) is 0 Å². The van der Waals surface area contributed by atoms with Gasteiger partial charge in [-0.1, -0.05) is 48.7 Å². The van der Waals surface area contributed by atoms with Gasteiger partial charge in [0.15, 0.2) is 0 Å². The van der Waals surface area contributed by atoms with Crippen LogP contribution in [0.4, 0.5) is 13.2 Å². The lowest BCUT2D eigenvalue weighted by atomic mass is 9.99. The van der Waals surface area contributed by atoms with Crippen molar-refractivity contribution >= 4 is 15.9 Å². The highest BCUT2D eigenvalue weighted by molar-refractivity contribution is 9.10. The maximum Gasteiger partial charge on any atom is 0.417 e. The van der Waals surface area contributed by atoms with Crippen LogP contribution >= 0.6 is 15.9 Å². The largest absolute Gasteiger partial charge is 0.417 e. The molecule has 0 heterocycles. The van der Waals surface area contributed by atoms with Gasteiger partial charge in [-0.2, -0.15) is 13.2 Å².